The molecule has 2 rings (SSSR count). The number of benzene rings is 1. The van der Waals surface area contributed by atoms with E-state index in [0.29, 0.717) is 27.1 Å². The van der Waals surface area contributed by atoms with Crippen LogP contribution in [0.25, 0.3) is 11.0 Å². The molecule has 18 heavy (non-hydrogen) atoms. The molecule has 0 aliphatic heterocycles. The fourth-order valence-electron chi connectivity index (χ4n) is 1.68. The Kier molecular flexibility index (Phi) is 3.63. The van der Waals surface area contributed by atoms with E-state index in [4.69, 9.17) is 33.0 Å². The van der Waals surface area contributed by atoms with Gasteiger partial charge in [-0.05, 0) is 12.1 Å². The lowest BCUT2D eigenvalue weighted by Gasteiger charge is -2.06. The molecule has 1 heterocycles. The van der Waals surface area contributed by atoms with Gasteiger partial charge in [0, 0.05) is 6.54 Å². The Hall–Kier alpha value is -1.46. The molecule has 1 N–H and O–H groups in total. The number of rotatable bonds is 4. The van der Waals surface area contributed by atoms with Crippen molar-refractivity contribution in [2.75, 3.05) is 7.11 Å². The number of hydrogen-bond acceptors (Lipinski definition) is 3. The van der Waals surface area contributed by atoms with Crippen LogP contribution in [0.2, 0.25) is 10.0 Å². The third kappa shape index (κ3) is 2.37. The number of imidazole rings is 1. The van der Waals surface area contributed by atoms with Crippen LogP contribution in [0.3, 0.4) is 0 Å². The third-order valence-corrected chi connectivity index (χ3v) is 3.21. The van der Waals surface area contributed by atoms with Gasteiger partial charge in [-0.15, -0.1) is 0 Å². The van der Waals surface area contributed by atoms with Gasteiger partial charge >= 0.3 is 5.97 Å². The minimum Gasteiger partial charge on any atom is -0.481 e. The van der Waals surface area contributed by atoms with Crippen LogP contribution in [-0.2, 0) is 11.3 Å². The minimum atomic E-state index is -0.890. The van der Waals surface area contributed by atoms with Gasteiger partial charge in [-0.2, -0.15) is 4.98 Å². The highest BCUT2D eigenvalue weighted by atomic mass is 35.5. The summed E-state index contributed by atoms with van der Waals surface area (Å²) in [4.78, 5) is 14.8. The minimum absolute atomic E-state index is 0.0257. The number of nitrogens with zero attached hydrogens (tertiary/aromatic N) is 2. The molecule has 96 valence electrons. The normalized spacial score (nSPS) is 10.8. The number of fused-ring (bicyclic) bond motifs is 1. The Morgan fingerprint density at radius 2 is 2.11 bits per heavy atom. The predicted molar refractivity (Wildman–Crippen MR) is 68.6 cm³/mol. The molecule has 5 nitrogen and oxygen atoms in total. The summed E-state index contributed by atoms with van der Waals surface area (Å²) in [6, 6.07) is 3.61. The van der Waals surface area contributed by atoms with Crippen molar-refractivity contribution in [3.8, 4) is 6.01 Å². The van der Waals surface area contributed by atoms with Crippen LogP contribution >= 0.6 is 23.2 Å². The topological polar surface area (TPSA) is 64.4 Å². The van der Waals surface area contributed by atoms with E-state index in [0.717, 1.165) is 0 Å². The number of carbonyl (C=O) groups is 1. The number of carboxylic acids is 1. The van der Waals surface area contributed by atoms with Gasteiger partial charge in [0.05, 0.1) is 34.6 Å². The van der Waals surface area contributed by atoms with Crippen molar-refractivity contribution in [2.45, 2.75) is 13.0 Å². The monoisotopic (exact) mass is 288 g/mol. The Balaban J connectivity index is 2.53. The SMILES string of the molecule is COc1nc2cc(Cl)c(Cl)cc2n1CCC(=O)O. The van der Waals surface area contributed by atoms with Gasteiger partial charge < -0.3 is 9.84 Å². The molecule has 0 spiro atoms. The van der Waals surface area contributed by atoms with Crippen LogP contribution in [-0.4, -0.2) is 27.7 Å². The van der Waals surface area contributed by atoms with E-state index in [-0.39, 0.29) is 13.0 Å². The van der Waals surface area contributed by atoms with Gasteiger partial charge in [-0.1, -0.05) is 23.2 Å². The summed E-state index contributed by atoms with van der Waals surface area (Å²) < 4.78 is 6.77. The molecule has 0 bridgehead atoms. The van der Waals surface area contributed by atoms with E-state index in [1.165, 1.54) is 7.11 Å². The lowest BCUT2D eigenvalue weighted by molar-refractivity contribution is -0.137. The molecular weight excluding hydrogens is 279 g/mol. The molecule has 0 amide bonds. The molecule has 1 aromatic heterocycles. The van der Waals surface area contributed by atoms with Crippen molar-refractivity contribution in [3.63, 3.8) is 0 Å². The van der Waals surface area contributed by atoms with Crippen molar-refractivity contribution < 1.29 is 14.6 Å². The van der Waals surface area contributed by atoms with Gasteiger partial charge in [0.2, 0.25) is 0 Å². The van der Waals surface area contributed by atoms with Gasteiger partial charge in [0.15, 0.2) is 0 Å². The van der Waals surface area contributed by atoms with E-state index in [1.54, 1.807) is 16.7 Å². The number of aliphatic carboxylic acids is 1. The number of aryl methyl sites for hydroxylation is 1. The zero-order valence-corrected chi connectivity index (χ0v) is 11.0. The smallest absolute Gasteiger partial charge is 0.305 e. The molecule has 2 aromatic rings. The molecule has 0 unspecified atom stereocenters. The van der Waals surface area contributed by atoms with Crippen LogP contribution in [0.4, 0.5) is 0 Å². The first-order valence-electron chi connectivity index (χ1n) is 5.14. The fraction of sp³-hybridized carbons (Fsp3) is 0.273. The van der Waals surface area contributed by atoms with Crippen molar-refractivity contribution in [1.29, 1.82) is 0 Å². The van der Waals surface area contributed by atoms with Gasteiger partial charge in [0.1, 0.15) is 0 Å². The lowest BCUT2D eigenvalue weighted by Crippen LogP contribution is -2.06. The number of ether oxygens (including phenoxy) is 1. The van der Waals surface area contributed by atoms with Crippen molar-refractivity contribution >= 4 is 40.2 Å². The quantitative estimate of drug-likeness (QED) is 0.940. The highest BCUT2D eigenvalue weighted by Crippen LogP contribution is 2.30. The first-order valence-corrected chi connectivity index (χ1v) is 5.89. The van der Waals surface area contributed by atoms with Crippen LogP contribution in [0, 0.1) is 0 Å². The Labute approximate surface area is 113 Å². The van der Waals surface area contributed by atoms with E-state index in [9.17, 15) is 4.79 Å². The predicted octanol–water partition coefficient (Wildman–Crippen LogP) is 2.83. The number of aromatic nitrogens is 2. The second-order valence-corrected chi connectivity index (χ2v) is 4.46. The molecule has 0 aliphatic carbocycles. The fourth-order valence-corrected chi connectivity index (χ4v) is 1.99. The Morgan fingerprint density at radius 3 is 2.72 bits per heavy atom. The van der Waals surface area contributed by atoms with Crippen LogP contribution in [0.1, 0.15) is 6.42 Å². The third-order valence-electron chi connectivity index (χ3n) is 2.49. The maximum Gasteiger partial charge on any atom is 0.305 e. The Morgan fingerprint density at radius 1 is 1.44 bits per heavy atom. The molecule has 0 radical (unpaired) electrons. The molecule has 7 heteroatoms. The second-order valence-electron chi connectivity index (χ2n) is 3.65. The summed E-state index contributed by atoms with van der Waals surface area (Å²) in [5, 5.41) is 9.51. The van der Waals surface area contributed by atoms with Crippen LogP contribution in [0.5, 0.6) is 6.01 Å². The standard InChI is InChI=1S/C11H10Cl2N2O3/c1-18-11-14-8-4-6(12)7(13)5-9(8)15(11)3-2-10(16)17/h4-5H,2-3H2,1H3,(H,16,17). The van der Waals surface area contributed by atoms with Crippen molar-refractivity contribution in [1.82, 2.24) is 9.55 Å². The summed E-state index contributed by atoms with van der Waals surface area (Å²) in [5.41, 5.74) is 1.31. The van der Waals surface area contributed by atoms with E-state index in [2.05, 4.69) is 4.98 Å². The first kappa shape index (κ1) is 13.0. The zero-order valence-electron chi connectivity index (χ0n) is 9.48. The summed E-state index contributed by atoms with van der Waals surface area (Å²) in [6.45, 7) is 0.257. The zero-order chi connectivity index (χ0) is 13.3. The number of hydrogen-bond donors (Lipinski definition) is 1. The van der Waals surface area contributed by atoms with Gasteiger partial charge in [-0.25, -0.2) is 0 Å². The molecule has 1 aromatic carbocycles. The van der Waals surface area contributed by atoms with Crippen molar-refractivity contribution in [3.05, 3.63) is 22.2 Å². The maximum absolute atomic E-state index is 10.6. The van der Waals surface area contributed by atoms with Gasteiger partial charge in [0.25, 0.3) is 6.01 Å². The first-order chi connectivity index (χ1) is 8.52. The van der Waals surface area contributed by atoms with E-state index in [1.807, 2.05) is 0 Å². The maximum atomic E-state index is 10.6. The second kappa shape index (κ2) is 5.04. The van der Waals surface area contributed by atoms with E-state index >= 15 is 0 Å². The van der Waals surface area contributed by atoms with Crippen LogP contribution in [0.15, 0.2) is 12.1 Å². The summed E-state index contributed by atoms with van der Waals surface area (Å²) >= 11 is 11.8. The van der Waals surface area contributed by atoms with E-state index < -0.39 is 5.97 Å². The molecule has 0 saturated heterocycles. The number of halogens is 2. The average Bonchev–Trinajstić information content (AvgIpc) is 2.64. The molecule has 0 atom stereocenters. The number of methoxy groups -OCH3 is 1. The average molecular weight is 289 g/mol. The summed E-state index contributed by atoms with van der Waals surface area (Å²) in [6.07, 6.45) is -0.0257. The Bertz CT molecular complexity index is 610. The molecule has 0 fully saturated rings. The van der Waals surface area contributed by atoms with Gasteiger partial charge in [-0.3, -0.25) is 9.36 Å². The van der Waals surface area contributed by atoms with Crippen LogP contribution < -0.4 is 4.74 Å². The lowest BCUT2D eigenvalue weighted by atomic mass is 10.3. The highest BCUT2D eigenvalue weighted by molar-refractivity contribution is 6.42. The summed E-state index contributed by atoms with van der Waals surface area (Å²) in [7, 11) is 1.47. The summed E-state index contributed by atoms with van der Waals surface area (Å²) in [5.74, 6) is -0.890. The number of carboxylic acid groups (broad SMARTS) is 1. The largest absolute Gasteiger partial charge is 0.481 e. The van der Waals surface area contributed by atoms with Crippen molar-refractivity contribution in [2.24, 2.45) is 0 Å². The molecular formula is C11H10Cl2N2O3. The molecule has 0 saturated carbocycles. The molecule has 0 aliphatic rings. The highest BCUT2D eigenvalue weighted by Gasteiger charge is 2.14.